The molecule has 5 aromatic rings. The number of carbonyl (C=O) groups excluding carboxylic acids is 4. The Morgan fingerprint density at radius 2 is 1.49 bits per heavy atom. The highest BCUT2D eigenvalue weighted by Crippen LogP contribution is 2.39. The zero-order valence-electron chi connectivity index (χ0n) is 31.4. The first-order valence-electron chi connectivity index (χ1n) is 17.9. The second-order valence-corrected chi connectivity index (χ2v) is 18.7. The summed E-state index contributed by atoms with van der Waals surface area (Å²) in [5, 5.41) is 2.12. The number of fused-ring (bicyclic) bond motifs is 2. The Balaban J connectivity index is 0.000000191. The van der Waals surface area contributed by atoms with Gasteiger partial charge in [0.25, 0.3) is 22.3 Å². The summed E-state index contributed by atoms with van der Waals surface area (Å²) >= 11 is 6.64. The molecule has 3 aromatic heterocycles. The molecule has 2 fully saturated rings. The minimum Gasteiger partial charge on any atom is -0.450 e. The molecule has 0 saturated carbocycles. The van der Waals surface area contributed by atoms with Crippen molar-refractivity contribution in [1.29, 1.82) is 0 Å². The van der Waals surface area contributed by atoms with Crippen molar-refractivity contribution in [2.45, 2.75) is 73.6 Å². The highest BCUT2D eigenvalue weighted by molar-refractivity contribution is 8.18. The van der Waals surface area contributed by atoms with Crippen LogP contribution < -0.4 is 5.73 Å². The van der Waals surface area contributed by atoms with Crippen LogP contribution in [0, 0.1) is 0 Å². The first kappa shape index (κ1) is 42.6. The SMILES string of the molecule is CC(C)N1C(=O)S/C(=C\c2ccc(SC3=Nc4ccccc4C3)s2)C1=O.CC(C)N1C(=O)S/C(=C\c2ccc(Sc3nc4ccccc4n3CCCN)o2)C1=O.Cl. The number of thioether (sulfide) groups is 3. The molecule has 0 aliphatic carbocycles. The number of nitrogens with two attached hydrogens (primary N) is 1. The molecular weight excluding hydrogens is 840 g/mol. The smallest absolute Gasteiger partial charge is 0.293 e. The van der Waals surface area contributed by atoms with Gasteiger partial charge in [-0.15, -0.1) is 23.7 Å². The fourth-order valence-corrected chi connectivity index (χ4v) is 11.0. The summed E-state index contributed by atoms with van der Waals surface area (Å²) in [6.07, 6.45) is 5.15. The van der Waals surface area contributed by atoms with E-state index in [1.165, 1.54) is 27.1 Å². The van der Waals surface area contributed by atoms with Gasteiger partial charge in [0, 0.05) is 36.0 Å². The molecule has 3 aliphatic rings. The molecule has 0 unspecified atom stereocenters. The Hall–Kier alpha value is -4.03. The van der Waals surface area contributed by atoms with Crippen LogP contribution in [0.15, 0.2) is 106 Å². The summed E-state index contributed by atoms with van der Waals surface area (Å²) in [7, 11) is 0. The number of furan rings is 1. The van der Waals surface area contributed by atoms with Crippen LogP contribution in [-0.4, -0.2) is 65.3 Å². The molecule has 57 heavy (non-hydrogen) atoms. The first-order chi connectivity index (χ1) is 27.0. The van der Waals surface area contributed by atoms with Gasteiger partial charge in [0.2, 0.25) is 0 Å². The van der Waals surface area contributed by atoms with Crippen molar-refractivity contribution in [2.24, 2.45) is 10.7 Å². The first-order valence-corrected chi connectivity index (χ1v) is 22.0. The second-order valence-electron chi connectivity index (χ2n) is 13.3. The van der Waals surface area contributed by atoms with E-state index in [4.69, 9.17) is 15.1 Å². The highest BCUT2D eigenvalue weighted by atomic mass is 35.5. The quantitative estimate of drug-likeness (QED) is 0.134. The molecule has 3 aliphatic heterocycles. The maximum absolute atomic E-state index is 12.4. The summed E-state index contributed by atoms with van der Waals surface area (Å²) in [5.41, 5.74) is 9.99. The molecule has 4 amide bonds. The molecule has 0 atom stereocenters. The van der Waals surface area contributed by atoms with Gasteiger partial charge in [-0.2, -0.15) is 0 Å². The second kappa shape index (κ2) is 18.7. The van der Waals surface area contributed by atoms with E-state index in [9.17, 15) is 19.2 Å². The Bertz CT molecular complexity index is 2430. The van der Waals surface area contributed by atoms with Crippen LogP contribution in [0.5, 0.6) is 0 Å². The Morgan fingerprint density at radius 3 is 2.16 bits per heavy atom. The van der Waals surface area contributed by atoms with E-state index >= 15 is 0 Å². The molecule has 11 nitrogen and oxygen atoms in total. The fraction of sp³-hybridized carbons (Fsp3) is 0.250. The maximum atomic E-state index is 12.4. The highest BCUT2D eigenvalue weighted by Gasteiger charge is 2.38. The van der Waals surface area contributed by atoms with Crippen LogP contribution >= 0.6 is 70.8 Å². The molecule has 2 saturated heterocycles. The van der Waals surface area contributed by atoms with Gasteiger partial charge in [0.05, 0.1) is 35.8 Å². The van der Waals surface area contributed by atoms with Gasteiger partial charge in [0.1, 0.15) is 5.76 Å². The third-order valence-electron chi connectivity index (χ3n) is 8.62. The predicted octanol–water partition coefficient (Wildman–Crippen LogP) is 10.6. The van der Waals surface area contributed by atoms with E-state index in [0.29, 0.717) is 27.2 Å². The number of benzene rings is 2. The topological polar surface area (TPSA) is 144 Å². The Labute approximate surface area is 357 Å². The van der Waals surface area contributed by atoms with Gasteiger partial charge >= 0.3 is 0 Å². The molecule has 0 radical (unpaired) electrons. The van der Waals surface area contributed by atoms with E-state index in [1.54, 1.807) is 35.2 Å². The molecule has 0 bridgehead atoms. The van der Waals surface area contributed by atoms with Crippen molar-refractivity contribution in [1.82, 2.24) is 19.4 Å². The van der Waals surface area contributed by atoms with Gasteiger partial charge in [-0.3, -0.25) is 29.0 Å². The monoisotopic (exact) mass is 878 g/mol. The molecule has 6 heterocycles. The van der Waals surface area contributed by atoms with Crippen molar-refractivity contribution in [2.75, 3.05) is 6.54 Å². The lowest BCUT2D eigenvalue weighted by Crippen LogP contribution is -2.34. The minimum absolute atomic E-state index is 0. The summed E-state index contributed by atoms with van der Waals surface area (Å²) in [6, 6.07) is 23.5. The zero-order valence-corrected chi connectivity index (χ0v) is 36.3. The number of imide groups is 2. The molecular formula is C40H39ClN6O5S5. The number of amides is 4. The average molecular weight is 880 g/mol. The van der Waals surface area contributed by atoms with Gasteiger partial charge in [-0.1, -0.05) is 42.1 Å². The molecule has 8 rings (SSSR count). The van der Waals surface area contributed by atoms with E-state index < -0.39 is 0 Å². The van der Waals surface area contributed by atoms with Crippen molar-refractivity contribution < 1.29 is 23.6 Å². The number of imidazole rings is 1. The molecule has 296 valence electrons. The number of hydrogen-bond acceptors (Lipinski definition) is 13. The Kier molecular flexibility index (Phi) is 14.0. The summed E-state index contributed by atoms with van der Waals surface area (Å²) in [4.78, 5) is 62.7. The van der Waals surface area contributed by atoms with Crippen molar-refractivity contribution in [3.63, 3.8) is 0 Å². The predicted molar refractivity (Wildman–Crippen MR) is 237 cm³/mol. The third-order valence-corrected chi connectivity index (χ3v) is 13.4. The fourth-order valence-electron chi connectivity index (χ4n) is 6.01. The molecule has 0 spiro atoms. The summed E-state index contributed by atoms with van der Waals surface area (Å²) < 4.78 is 9.17. The lowest BCUT2D eigenvalue weighted by Gasteiger charge is -2.16. The lowest BCUT2D eigenvalue weighted by atomic mass is 10.2. The molecule has 2 N–H and O–H groups in total. The standard InChI is InChI=1S/C21H22N4O3S2.C19H16N2O2S3.ClH/c1-13(2)25-19(26)17(29-21(25)27)12-14-8-9-18(28-14)30-20-23-15-6-3-4-7-16(15)24(20)11-5-10-22;1-11(2)21-18(22)15(25-19(21)23)10-13-7-8-17(24-13)26-16-9-12-5-3-4-6-14(12)20-16;/h3-4,6-9,12-13H,5,10-11,22H2,1-2H3;3-8,10-11H,9H2,1-2H3;1H/b17-12-;15-10-;. The minimum atomic E-state index is -0.283. The van der Waals surface area contributed by atoms with E-state index in [1.807, 2.05) is 94.4 Å². The number of aliphatic imine (C=N–C) groups is 1. The number of nitrogens with zero attached hydrogens (tertiary/aromatic N) is 5. The number of thiophene rings is 1. The van der Waals surface area contributed by atoms with Crippen LogP contribution in [0.2, 0.25) is 0 Å². The van der Waals surface area contributed by atoms with Gasteiger partial charge in [-0.05, 0) is 130 Å². The Morgan fingerprint density at radius 1 is 0.825 bits per heavy atom. The van der Waals surface area contributed by atoms with Gasteiger partial charge in [0.15, 0.2) is 10.2 Å². The van der Waals surface area contributed by atoms with Crippen LogP contribution in [0.25, 0.3) is 23.2 Å². The van der Waals surface area contributed by atoms with Crippen LogP contribution in [0.4, 0.5) is 15.3 Å². The third kappa shape index (κ3) is 9.65. The van der Waals surface area contributed by atoms with Crippen molar-refractivity contribution >= 4 is 127 Å². The zero-order chi connectivity index (χ0) is 39.5. The number of carbonyl (C=O) groups is 4. The van der Waals surface area contributed by atoms with Crippen LogP contribution in [0.3, 0.4) is 0 Å². The van der Waals surface area contributed by atoms with Gasteiger partial charge in [-0.25, -0.2) is 9.98 Å². The van der Waals surface area contributed by atoms with E-state index in [0.717, 1.165) is 78.9 Å². The number of aromatic nitrogens is 2. The van der Waals surface area contributed by atoms with Crippen LogP contribution in [-0.2, 0) is 22.6 Å². The number of para-hydroxylation sites is 3. The van der Waals surface area contributed by atoms with Gasteiger partial charge < -0.3 is 14.7 Å². The molecule has 17 heteroatoms. The van der Waals surface area contributed by atoms with Crippen LogP contribution in [0.1, 0.15) is 50.3 Å². The number of hydrogen-bond donors (Lipinski definition) is 1. The summed E-state index contributed by atoms with van der Waals surface area (Å²) in [6.45, 7) is 8.70. The van der Waals surface area contributed by atoms with Crippen molar-refractivity contribution in [3.8, 4) is 0 Å². The number of rotatable bonds is 10. The normalized spacial score (nSPS) is 16.7. The summed E-state index contributed by atoms with van der Waals surface area (Å²) in [5.74, 6) is 0.0405. The number of halogens is 1. The van der Waals surface area contributed by atoms with Crippen molar-refractivity contribution in [3.05, 3.63) is 98.8 Å². The van der Waals surface area contributed by atoms with E-state index in [-0.39, 0.29) is 46.8 Å². The maximum Gasteiger partial charge on any atom is 0.293 e. The van der Waals surface area contributed by atoms with E-state index in [2.05, 4.69) is 15.6 Å². The average Bonchev–Trinajstić information content (AvgIpc) is 4.01. The number of aryl methyl sites for hydroxylation is 1. The lowest BCUT2D eigenvalue weighted by molar-refractivity contribution is -0.124. The molecule has 2 aromatic carbocycles. The largest absolute Gasteiger partial charge is 0.450 e.